The van der Waals surface area contributed by atoms with Gasteiger partial charge in [-0.1, -0.05) is 38.1 Å². The number of carbonyl (C=O) groups excluding carboxylic acids is 2. The van der Waals surface area contributed by atoms with E-state index < -0.39 is 34.3 Å². The Labute approximate surface area is 207 Å². The normalized spacial score (nSPS) is 13.0. The summed E-state index contributed by atoms with van der Waals surface area (Å²) >= 11 is 0. The average molecular weight is 508 g/mol. The lowest BCUT2D eigenvalue weighted by atomic mass is 10.1. The lowest BCUT2D eigenvalue weighted by Crippen LogP contribution is -2.53. The number of sulfonamides is 1. The number of nitrogens with one attached hydrogen (secondary N) is 1. The van der Waals surface area contributed by atoms with Crippen molar-refractivity contribution in [3.05, 3.63) is 59.9 Å². The first-order chi connectivity index (χ1) is 16.5. The summed E-state index contributed by atoms with van der Waals surface area (Å²) < 4.78 is 45.1. The van der Waals surface area contributed by atoms with Crippen LogP contribution in [0.4, 0.5) is 10.1 Å². The predicted molar refractivity (Wildman–Crippen MR) is 134 cm³/mol. The highest BCUT2D eigenvalue weighted by Gasteiger charge is 2.32. The molecule has 0 heterocycles. The Morgan fingerprint density at radius 3 is 2.23 bits per heavy atom. The second-order valence-corrected chi connectivity index (χ2v) is 10.2. The van der Waals surface area contributed by atoms with Crippen molar-refractivity contribution in [2.24, 2.45) is 0 Å². The number of methoxy groups -OCH3 is 1. The molecule has 0 aliphatic carbocycles. The minimum atomic E-state index is -3.88. The minimum absolute atomic E-state index is 0.00900. The van der Waals surface area contributed by atoms with Gasteiger partial charge in [0.25, 0.3) is 0 Å². The van der Waals surface area contributed by atoms with Gasteiger partial charge in [0.2, 0.25) is 21.8 Å². The van der Waals surface area contributed by atoms with Crippen LogP contribution < -0.4 is 14.4 Å². The Morgan fingerprint density at radius 2 is 1.69 bits per heavy atom. The molecule has 0 fully saturated rings. The Bertz CT molecular complexity index is 1110. The Hall–Kier alpha value is -3.14. The van der Waals surface area contributed by atoms with Crippen LogP contribution in [-0.2, 0) is 26.2 Å². The van der Waals surface area contributed by atoms with Crippen molar-refractivity contribution in [3.8, 4) is 5.75 Å². The molecule has 10 heteroatoms. The zero-order chi connectivity index (χ0) is 26.2. The molecule has 0 saturated carbocycles. The third-order valence-corrected chi connectivity index (χ3v) is 6.81. The Kier molecular flexibility index (Phi) is 10.1. The van der Waals surface area contributed by atoms with Crippen LogP contribution in [-0.4, -0.2) is 57.1 Å². The number of hydrogen-bond acceptors (Lipinski definition) is 5. The van der Waals surface area contributed by atoms with Gasteiger partial charge in [0.15, 0.2) is 0 Å². The second-order valence-electron chi connectivity index (χ2n) is 8.33. The fraction of sp³-hybridized carbons (Fsp3) is 0.440. The van der Waals surface area contributed by atoms with Crippen LogP contribution in [0.2, 0.25) is 0 Å². The van der Waals surface area contributed by atoms with E-state index in [4.69, 9.17) is 4.74 Å². The van der Waals surface area contributed by atoms with E-state index in [1.807, 2.05) is 13.8 Å². The molecule has 8 nitrogen and oxygen atoms in total. The fourth-order valence-electron chi connectivity index (χ4n) is 3.58. The molecule has 0 aliphatic rings. The molecule has 0 saturated heterocycles. The van der Waals surface area contributed by atoms with Crippen molar-refractivity contribution in [1.29, 1.82) is 0 Å². The molecule has 0 radical (unpaired) electrons. The van der Waals surface area contributed by atoms with Crippen LogP contribution >= 0.6 is 0 Å². The molecule has 0 unspecified atom stereocenters. The number of para-hydroxylation sites is 2. The molecular formula is C25H34FN3O5S. The van der Waals surface area contributed by atoms with Crippen molar-refractivity contribution >= 4 is 27.5 Å². The number of rotatable bonds is 12. The van der Waals surface area contributed by atoms with Gasteiger partial charge in [0, 0.05) is 12.6 Å². The van der Waals surface area contributed by atoms with E-state index in [0.29, 0.717) is 18.4 Å². The first-order valence-electron chi connectivity index (χ1n) is 11.5. The van der Waals surface area contributed by atoms with E-state index in [1.54, 1.807) is 31.2 Å². The van der Waals surface area contributed by atoms with Gasteiger partial charge in [0.1, 0.15) is 24.2 Å². The fourth-order valence-corrected chi connectivity index (χ4v) is 4.43. The first-order valence-corrected chi connectivity index (χ1v) is 13.3. The molecule has 0 aromatic heterocycles. The highest BCUT2D eigenvalue weighted by molar-refractivity contribution is 7.92. The third kappa shape index (κ3) is 7.68. The number of ether oxygens (including phenoxy) is 1. The van der Waals surface area contributed by atoms with Gasteiger partial charge in [-0.05, 0) is 49.6 Å². The number of benzene rings is 2. The van der Waals surface area contributed by atoms with Gasteiger partial charge in [-0.15, -0.1) is 0 Å². The minimum Gasteiger partial charge on any atom is -0.495 e. The maximum atomic E-state index is 13.6. The first kappa shape index (κ1) is 28.1. The maximum absolute atomic E-state index is 13.6. The van der Waals surface area contributed by atoms with Gasteiger partial charge in [0.05, 0.1) is 19.1 Å². The number of amides is 2. The average Bonchev–Trinajstić information content (AvgIpc) is 2.82. The van der Waals surface area contributed by atoms with Gasteiger partial charge < -0.3 is 15.0 Å². The molecule has 2 aromatic rings. The van der Waals surface area contributed by atoms with Crippen LogP contribution in [0.15, 0.2) is 48.5 Å². The Balaban J connectivity index is 2.46. The van der Waals surface area contributed by atoms with Crippen LogP contribution in [0.25, 0.3) is 0 Å². The molecule has 0 aliphatic heterocycles. The van der Waals surface area contributed by atoms with Gasteiger partial charge in [-0.3, -0.25) is 13.9 Å². The van der Waals surface area contributed by atoms with E-state index in [9.17, 15) is 22.4 Å². The third-order valence-electron chi connectivity index (χ3n) is 5.69. The summed E-state index contributed by atoms with van der Waals surface area (Å²) in [5, 5.41) is 2.90. The number of anilines is 1. The molecule has 2 aromatic carbocycles. The summed E-state index contributed by atoms with van der Waals surface area (Å²) in [6.07, 6.45) is 2.02. The van der Waals surface area contributed by atoms with E-state index in [1.165, 1.54) is 36.3 Å². The second kappa shape index (κ2) is 12.5. The quantitative estimate of drug-likeness (QED) is 0.476. The number of halogens is 1. The summed E-state index contributed by atoms with van der Waals surface area (Å²) in [6.45, 7) is 5.05. The number of carbonyl (C=O) groups is 2. The molecule has 0 spiro atoms. The van der Waals surface area contributed by atoms with Crippen LogP contribution in [0.1, 0.15) is 39.2 Å². The lowest BCUT2D eigenvalue weighted by molar-refractivity contribution is -0.140. The zero-order valence-corrected chi connectivity index (χ0v) is 21.6. The monoisotopic (exact) mass is 507 g/mol. The topological polar surface area (TPSA) is 96.0 Å². The summed E-state index contributed by atoms with van der Waals surface area (Å²) in [5.41, 5.74) is 0.822. The van der Waals surface area contributed by atoms with Crippen LogP contribution in [0, 0.1) is 5.82 Å². The van der Waals surface area contributed by atoms with E-state index in [2.05, 4.69) is 5.32 Å². The van der Waals surface area contributed by atoms with E-state index in [-0.39, 0.29) is 29.9 Å². The summed E-state index contributed by atoms with van der Waals surface area (Å²) in [7, 11) is -2.47. The van der Waals surface area contributed by atoms with E-state index >= 15 is 0 Å². The molecule has 0 bridgehead atoms. The van der Waals surface area contributed by atoms with Crippen molar-refractivity contribution in [2.45, 2.75) is 52.2 Å². The highest BCUT2D eigenvalue weighted by Crippen LogP contribution is 2.29. The summed E-state index contributed by atoms with van der Waals surface area (Å²) in [6, 6.07) is 11.1. The standard InChI is InChI=1S/C25H34FN3O5S/c1-6-18(3)27-25(31)21(7-2)28(16-19-12-14-20(26)15-13-19)24(30)17-29(35(5,32)33)22-10-8-9-11-23(22)34-4/h8-15,18,21H,6-7,16-17H2,1-5H3,(H,27,31)/t18-,21+/m0/s1. The van der Waals surface area contributed by atoms with E-state index in [0.717, 1.165) is 10.6 Å². The van der Waals surface area contributed by atoms with Gasteiger partial charge in [-0.2, -0.15) is 0 Å². The maximum Gasteiger partial charge on any atom is 0.244 e. The van der Waals surface area contributed by atoms with Crippen LogP contribution in [0.5, 0.6) is 5.75 Å². The largest absolute Gasteiger partial charge is 0.495 e. The van der Waals surface area contributed by atoms with Crippen molar-refractivity contribution < 1.29 is 27.1 Å². The smallest absolute Gasteiger partial charge is 0.244 e. The van der Waals surface area contributed by atoms with Crippen molar-refractivity contribution in [3.63, 3.8) is 0 Å². The predicted octanol–water partition coefficient (Wildman–Crippen LogP) is 3.32. The van der Waals surface area contributed by atoms with Gasteiger partial charge in [-0.25, -0.2) is 12.8 Å². The Morgan fingerprint density at radius 1 is 1.06 bits per heavy atom. The highest BCUT2D eigenvalue weighted by atomic mass is 32.2. The summed E-state index contributed by atoms with van der Waals surface area (Å²) in [5.74, 6) is -1.04. The lowest BCUT2D eigenvalue weighted by Gasteiger charge is -2.33. The number of nitrogens with zero attached hydrogens (tertiary/aromatic N) is 2. The molecular weight excluding hydrogens is 473 g/mol. The molecule has 35 heavy (non-hydrogen) atoms. The molecule has 2 atom stereocenters. The molecule has 1 N–H and O–H groups in total. The summed E-state index contributed by atoms with van der Waals surface area (Å²) in [4.78, 5) is 28.0. The van der Waals surface area contributed by atoms with Gasteiger partial charge >= 0.3 is 0 Å². The van der Waals surface area contributed by atoms with Crippen LogP contribution in [0.3, 0.4) is 0 Å². The molecule has 192 valence electrons. The number of hydrogen-bond donors (Lipinski definition) is 1. The van der Waals surface area contributed by atoms with Crippen molar-refractivity contribution in [2.75, 3.05) is 24.2 Å². The van der Waals surface area contributed by atoms with Crippen molar-refractivity contribution in [1.82, 2.24) is 10.2 Å². The molecule has 2 rings (SSSR count). The zero-order valence-electron chi connectivity index (χ0n) is 20.8. The molecule has 2 amide bonds. The SMILES string of the molecule is CC[C@H](C(=O)N[C@@H](C)CC)N(Cc1ccc(F)cc1)C(=O)CN(c1ccccc1OC)S(C)(=O)=O.